The van der Waals surface area contributed by atoms with Crippen molar-refractivity contribution in [3.8, 4) is 0 Å². The van der Waals surface area contributed by atoms with E-state index in [-0.39, 0.29) is 5.91 Å². The maximum Gasteiger partial charge on any atom is 0.226 e. The van der Waals surface area contributed by atoms with E-state index in [4.69, 9.17) is 0 Å². The van der Waals surface area contributed by atoms with Crippen LogP contribution in [0.5, 0.6) is 0 Å². The first-order valence-corrected chi connectivity index (χ1v) is 5.95. The minimum absolute atomic E-state index is 0.122. The van der Waals surface area contributed by atoms with Gasteiger partial charge in [0.25, 0.3) is 0 Å². The van der Waals surface area contributed by atoms with Gasteiger partial charge >= 0.3 is 0 Å². The van der Waals surface area contributed by atoms with Crippen LogP contribution in [-0.4, -0.2) is 28.6 Å². The Kier molecular flexibility index (Phi) is 3.94. The third-order valence-electron chi connectivity index (χ3n) is 2.94. The second kappa shape index (κ2) is 5.64. The van der Waals surface area contributed by atoms with Crippen molar-refractivity contribution in [2.45, 2.75) is 25.4 Å². The van der Waals surface area contributed by atoms with Crippen LogP contribution in [0.3, 0.4) is 0 Å². The molecule has 1 aliphatic rings. The Morgan fingerprint density at radius 3 is 2.76 bits per heavy atom. The highest BCUT2D eigenvalue weighted by Crippen LogP contribution is 2.10. The zero-order valence-corrected chi connectivity index (χ0v) is 9.75. The van der Waals surface area contributed by atoms with Gasteiger partial charge in [-0.05, 0) is 24.5 Å². The summed E-state index contributed by atoms with van der Waals surface area (Å²) in [7, 11) is 0. The smallest absolute Gasteiger partial charge is 0.226 e. The molecule has 0 radical (unpaired) electrons. The van der Waals surface area contributed by atoms with Crippen molar-refractivity contribution in [1.29, 1.82) is 0 Å². The largest absolute Gasteiger partial charge is 0.389 e. The minimum Gasteiger partial charge on any atom is -0.389 e. The molecular formula is C14H17NO2. The molecule has 0 aliphatic carbocycles. The van der Waals surface area contributed by atoms with E-state index in [0.717, 1.165) is 6.42 Å². The zero-order chi connectivity index (χ0) is 12.1. The average Bonchev–Trinajstić information content (AvgIpc) is 2.38. The normalized spacial score (nSPS) is 19.4. The van der Waals surface area contributed by atoms with Crippen LogP contribution in [0.1, 0.15) is 18.4 Å². The van der Waals surface area contributed by atoms with Gasteiger partial charge in [-0.15, -0.1) is 0 Å². The lowest BCUT2D eigenvalue weighted by atomic mass is 10.1. The molecule has 1 amide bonds. The van der Waals surface area contributed by atoms with Gasteiger partial charge in [-0.2, -0.15) is 0 Å². The van der Waals surface area contributed by atoms with Gasteiger partial charge in [0.2, 0.25) is 5.91 Å². The van der Waals surface area contributed by atoms with Crippen molar-refractivity contribution >= 4 is 5.91 Å². The van der Waals surface area contributed by atoms with E-state index >= 15 is 0 Å². The van der Waals surface area contributed by atoms with Crippen molar-refractivity contribution in [3.63, 3.8) is 0 Å². The molecule has 1 aromatic rings. The molecule has 0 saturated heterocycles. The fourth-order valence-electron chi connectivity index (χ4n) is 1.89. The summed E-state index contributed by atoms with van der Waals surface area (Å²) in [5.74, 6) is 0.122. The van der Waals surface area contributed by atoms with Gasteiger partial charge in [0.1, 0.15) is 0 Å². The van der Waals surface area contributed by atoms with Gasteiger partial charge in [-0.3, -0.25) is 4.79 Å². The molecule has 0 aromatic heterocycles. The van der Waals surface area contributed by atoms with Crippen LogP contribution in [0.15, 0.2) is 42.6 Å². The summed E-state index contributed by atoms with van der Waals surface area (Å²) >= 11 is 0. The standard InChI is InChI=1S/C14H17NO2/c16-13-8-10-15(11-9-13)14(17)7-6-12-4-2-1-3-5-12/h1-5,8,10,13,16H,6-7,9,11H2/t13-/m1/s1. The molecule has 1 atom stereocenters. The summed E-state index contributed by atoms with van der Waals surface area (Å²) < 4.78 is 0. The average molecular weight is 231 g/mol. The molecule has 3 nitrogen and oxygen atoms in total. The number of nitrogens with zero attached hydrogens (tertiary/aromatic N) is 1. The maximum absolute atomic E-state index is 11.9. The SMILES string of the molecule is O=C(CCc1ccccc1)N1C=C[C@@H](O)CC1. The number of aliphatic hydroxyl groups excluding tert-OH is 1. The van der Waals surface area contributed by atoms with Gasteiger partial charge in [0.05, 0.1) is 6.10 Å². The van der Waals surface area contributed by atoms with E-state index in [0.29, 0.717) is 19.4 Å². The Morgan fingerprint density at radius 1 is 1.35 bits per heavy atom. The molecule has 1 N–H and O–H groups in total. The molecule has 1 aliphatic heterocycles. The predicted molar refractivity (Wildman–Crippen MR) is 66.2 cm³/mol. The van der Waals surface area contributed by atoms with Crippen molar-refractivity contribution in [2.75, 3.05) is 6.54 Å². The van der Waals surface area contributed by atoms with E-state index in [1.165, 1.54) is 5.56 Å². The number of carbonyl (C=O) groups is 1. The lowest BCUT2D eigenvalue weighted by Gasteiger charge is -2.23. The lowest BCUT2D eigenvalue weighted by Crippen LogP contribution is -2.32. The number of amides is 1. The van der Waals surface area contributed by atoms with Crippen LogP contribution in [0, 0.1) is 0 Å². The highest BCUT2D eigenvalue weighted by molar-refractivity contribution is 5.77. The Labute approximate surface area is 101 Å². The van der Waals surface area contributed by atoms with E-state index in [2.05, 4.69) is 0 Å². The molecule has 1 aromatic carbocycles. The zero-order valence-electron chi connectivity index (χ0n) is 9.75. The number of benzene rings is 1. The summed E-state index contributed by atoms with van der Waals surface area (Å²) in [4.78, 5) is 13.6. The third-order valence-corrected chi connectivity index (χ3v) is 2.94. The van der Waals surface area contributed by atoms with Crippen LogP contribution < -0.4 is 0 Å². The molecule has 1 heterocycles. The minimum atomic E-state index is -0.395. The first-order valence-electron chi connectivity index (χ1n) is 5.95. The molecule has 0 spiro atoms. The first kappa shape index (κ1) is 11.9. The fourth-order valence-corrected chi connectivity index (χ4v) is 1.89. The van der Waals surface area contributed by atoms with E-state index in [9.17, 15) is 9.90 Å². The topological polar surface area (TPSA) is 40.5 Å². The summed E-state index contributed by atoms with van der Waals surface area (Å²) in [5, 5.41) is 9.29. The Bertz CT molecular complexity index is 400. The van der Waals surface area contributed by atoms with E-state index in [1.807, 2.05) is 30.3 Å². The molecule has 0 bridgehead atoms. The van der Waals surface area contributed by atoms with Gasteiger partial charge in [-0.25, -0.2) is 0 Å². The van der Waals surface area contributed by atoms with Gasteiger partial charge in [0.15, 0.2) is 0 Å². The van der Waals surface area contributed by atoms with Gasteiger partial charge in [-0.1, -0.05) is 30.3 Å². The summed E-state index contributed by atoms with van der Waals surface area (Å²) in [5.41, 5.74) is 1.18. The van der Waals surface area contributed by atoms with E-state index in [1.54, 1.807) is 17.2 Å². The number of aliphatic hydroxyl groups is 1. The van der Waals surface area contributed by atoms with E-state index < -0.39 is 6.10 Å². The summed E-state index contributed by atoms with van der Waals surface area (Å²) in [6.45, 7) is 0.616. The molecule has 3 heteroatoms. The second-order valence-corrected chi connectivity index (χ2v) is 4.27. The quantitative estimate of drug-likeness (QED) is 0.860. The predicted octanol–water partition coefficient (Wildman–Crippen LogP) is 1.73. The molecule has 0 fully saturated rings. The van der Waals surface area contributed by atoms with Crippen molar-refractivity contribution in [1.82, 2.24) is 4.90 Å². The first-order chi connectivity index (χ1) is 8.25. The summed E-state index contributed by atoms with van der Waals surface area (Å²) in [6.07, 6.45) is 4.89. The van der Waals surface area contributed by atoms with Crippen molar-refractivity contribution < 1.29 is 9.90 Å². The monoisotopic (exact) mass is 231 g/mol. The van der Waals surface area contributed by atoms with Crippen LogP contribution >= 0.6 is 0 Å². The third kappa shape index (κ3) is 3.43. The van der Waals surface area contributed by atoms with Crippen LogP contribution in [0.4, 0.5) is 0 Å². The Morgan fingerprint density at radius 2 is 2.12 bits per heavy atom. The molecular weight excluding hydrogens is 214 g/mol. The number of carbonyl (C=O) groups excluding carboxylic acids is 1. The highest BCUT2D eigenvalue weighted by atomic mass is 16.3. The van der Waals surface area contributed by atoms with Crippen LogP contribution in [0.25, 0.3) is 0 Å². The molecule has 2 rings (SSSR count). The van der Waals surface area contributed by atoms with Gasteiger partial charge < -0.3 is 10.0 Å². The van der Waals surface area contributed by atoms with Crippen LogP contribution in [-0.2, 0) is 11.2 Å². The number of hydrogen-bond donors (Lipinski definition) is 1. The molecule has 0 saturated carbocycles. The number of rotatable bonds is 3. The molecule has 17 heavy (non-hydrogen) atoms. The second-order valence-electron chi connectivity index (χ2n) is 4.27. The molecule has 0 unspecified atom stereocenters. The maximum atomic E-state index is 11.9. The highest BCUT2D eigenvalue weighted by Gasteiger charge is 2.16. The van der Waals surface area contributed by atoms with Crippen LogP contribution in [0.2, 0.25) is 0 Å². The van der Waals surface area contributed by atoms with Crippen molar-refractivity contribution in [3.05, 3.63) is 48.2 Å². The fraction of sp³-hybridized carbons (Fsp3) is 0.357. The van der Waals surface area contributed by atoms with Crippen molar-refractivity contribution in [2.24, 2.45) is 0 Å². The number of hydrogen-bond acceptors (Lipinski definition) is 2. The number of aryl methyl sites for hydroxylation is 1. The summed E-state index contributed by atoms with van der Waals surface area (Å²) in [6, 6.07) is 10.0. The molecule has 90 valence electrons. The van der Waals surface area contributed by atoms with Gasteiger partial charge in [0, 0.05) is 19.2 Å². The lowest BCUT2D eigenvalue weighted by molar-refractivity contribution is -0.129. The Balaban J connectivity index is 1.84. The Hall–Kier alpha value is -1.61.